The Labute approximate surface area is 243 Å². The van der Waals surface area contributed by atoms with Crippen LogP contribution in [0.2, 0.25) is 0 Å². The highest BCUT2D eigenvalue weighted by Crippen LogP contribution is 2.50. The van der Waals surface area contributed by atoms with E-state index >= 15 is 0 Å². The number of benzene rings is 3. The number of methoxy groups -OCH3 is 1. The standard InChI is InChI=1S/C33H32INO4/c1-3-35-25-13-7-15-27(36)31(25)30(32-26(35)14-8-16-28(32)37)22-17-24(34)33(29(18-22)38-2)39-19-21-11-6-10-20-9-4-5-12-23(20)21/h4-6,9-12,17-18,30H,3,7-8,13-16,19H2,1-2H3. The van der Waals surface area contributed by atoms with E-state index in [4.69, 9.17) is 9.47 Å². The molecule has 0 fully saturated rings. The molecule has 39 heavy (non-hydrogen) atoms. The summed E-state index contributed by atoms with van der Waals surface area (Å²) in [7, 11) is 1.65. The monoisotopic (exact) mass is 633 g/mol. The van der Waals surface area contributed by atoms with Crippen LogP contribution in [-0.2, 0) is 16.2 Å². The quantitative estimate of drug-likeness (QED) is 0.264. The maximum atomic E-state index is 13.5. The largest absolute Gasteiger partial charge is 0.493 e. The molecule has 0 saturated carbocycles. The number of allylic oxidation sites excluding steroid dienone is 4. The van der Waals surface area contributed by atoms with Crippen molar-refractivity contribution in [2.24, 2.45) is 0 Å². The number of carbonyl (C=O) groups is 2. The summed E-state index contributed by atoms with van der Waals surface area (Å²) in [5, 5.41) is 2.34. The Morgan fingerprint density at radius 1 is 0.897 bits per heavy atom. The van der Waals surface area contributed by atoms with Crippen molar-refractivity contribution in [1.29, 1.82) is 0 Å². The van der Waals surface area contributed by atoms with E-state index in [-0.39, 0.29) is 17.5 Å². The number of Topliss-reactive ketones (excluding diaryl/α,β-unsaturated/α-hetero) is 2. The number of rotatable bonds is 6. The first-order valence-corrected chi connectivity index (χ1v) is 14.9. The molecule has 3 aliphatic rings. The van der Waals surface area contributed by atoms with E-state index in [1.165, 1.54) is 10.8 Å². The molecule has 200 valence electrons. The lowest BCUT2D eigenvalue weighted by atomic mass is 9.71. The SMILES string of the molecule is CCN1C2=C(C(=O)CCC2)C(c2cc(I)c(OCc3cccc4ccccc34)c(OC)c2)C2=C1CCCC2=O. The van der Waals surface area contributed by atoms with Crippen LogP contribution in [0.15, 0.2) is 77.1 Å². The normalized spacial score (nSPS) is 18.0. The van der Waals surface area contributed by atoms with Gasteiger partial charge in [-0.25, -0.2) is 0 Å². The summed E-state index contributed by atoms with van der Waals surface area (Å²) < 4.78 is 13.1. The van der Waals surface area contributed by atoms with Crippen molar-refractivity contribution in [2.45, 2.75) is 58.0 Å². The van der Waals surface area contributed by atoms with Gasteiger partial charge in [-0.2, -0.15) is 0 Å². The van der Waals surface area contributed by atoms with Crippen LogP contribution in [0, 0.1) is 3.57 Å². The highest BCUT2D eigenvalue weighted by atomic mass is 127. The van der Waals surface area contributed by atoms with Gasteiger partial charge in [0.2, 0.25) is 0 Å². The lowest BCUT2D eigenvalue weighted by molar-refractivity contribution is -0.117. The summed E-state index contributed by atoms with van der Waals surface area (Å²) in [5.74, 6) is 1.26. The lowest BCUT2D eigenvalue weighted by Crippen LogP contribution is -2.39. The summed E-state index contributed by atoms with van der Waals surface area (Å²) in [6.07, 6.45) is 4.53. The number of ether oxygens (including phenoxy) is 2. The number of hydrogen-bond acceptors (Lipinski definition) is 5. The Kier molecular flexibility index (Phi) is 7.23. The molecular formula is C33H32INO4. The molecule has 0 atom stereocenters. The first-order valence-electron chi connectivity index (χ1n) is 13.8. The molecule has 0 saturated heterocycles. The molecule has 3 aromatic carbocycles. The van der Waals surface area contributed by atoms with Crippen molar-refractivity contribution in [3.05, 3.63) is 91.8 Å². The van der Waals surface area contributed by atoms with Crippen molar-refractivity contribution in [3.8, 4) is 11.5 Å². The molecule has 0 amide bonds. The van der Waals surface area contributed by atoms with Crippen molar-refractivity contribution in [3.63, 3.8) is 0 Å². The molecule has 0 spiro atoms. The number of carbonyl (C=O) groups excluding carboxylic acids is 2. The zero-order valence-electron chi connectivity index (χ0n) is 22.4. The number of hydrogen-bond donors (Lipinski definition) is 0. The zero-order valence-corrected chi connectivity index (χ0v) is 24.5. The van der Waals surface area contributed by atoms with Crippen LogP contribution in [0.1, 0.15) is 62.5 Å². The van der Waals surface area contributed by atoms with Gasteiger partial charge in [0.05, 0.1) is 10.7 Å². The molecular weight excluding hydrogens is 601 g/mol. The maximum Gasteiger partial charge on any atom is 0.174 e. The van der Waals surface area contributed by atoms with Gasteiger partial charge < -0.3 is 14.4 Å². The van der Waals surface area contributed by atoms with Crippen LogP contribution in [0.3, 0.4) is 0 Å². The van der Waals surface area contributed by atoms with E-state index in [9.17, 15) is 9.59 Å². The molecule has 0 N–H and O–H groups in total. The Balaban J connectivity index is 1.42. The van der Waals surface area contributed by atoms with Gasteiger partial charge in [-0.1, -0.05) is 42.5 Å². The summed E-state index contributed by atoms with van der Waals surface area (Å²) in [5.41, 5.74) is 5.86. The molecule has 0 unspecified atom stereocenters. The van der Waals surface area contributed by atoms with Gasteiger partial charge in [-0.3, -0.25) is 9.59 Å². The number of nitrogens with zero attached hydrogens (tertiary/aromatic N) is 1. The smallest absolute Gasteiger partial charge is 0.174 e. The van der Waals surface area contributed by atoms with Gasteiger partial charge in [-0.15, -0.1) is 0 Å². The molecule has 6 rings (SSSR count). The van der Waals surface area contributed by atoms with Crippen LogP contribution >= 0.6 is 22.6 Å². The van der Waals surface area contributed by atoms with Crippen LogP contribution in [0.5, 0.6) is 11.5 Å². The Morgan fingerprint density at radius 2 is 1.56 bits per heavy atom. The molecule has 3 aromatic rings. The van der Waals surface area contributed by atoms with Gasteiger partial charge in [0, 0.05) is 47.8 Å². The van der Waals surface area contributed by atoms with Gasteiger partial charge in [0.25, 0.3) is 0 Å². The average molecular weight is 634 g/mol. The van der Waals surface area contributed by atoms with E-state index in [0.717, 1.165) is 69.5 Å². The Hall–Kier alpha value is -3.13. The van der Waals surface area contributed by atoms with Crippen molar-refractivity contribution in [1.82, 2.24) is 4.90 Å². The first-order chi connectivity index (χ1) is 19.0. The molecule has 0 radical (unpaired) electrons. The van der Waals surface area contributed by atoms with Crippen LogP contribution < -0.4 is 9.47 Å². The second kappa shape index (κ2) is 10.8. The molecule has 1 aliphatic heterocycles. The molecule has 1 heterocycles. The molecule has 0 aromatic heterocycles. The summed E-state index contributed by atoms with van der Waals surface area (Å²) >= 11 is 2.29. The van der Waals surface area contributed by atoms with Crippen LogP contribution in [0.25, 0.3) is 10.8 Å². The highest BCUT2D eigenvalue weighted by Gasteiger charge is 2.43. The third-order valence-electron chi connectivity index (χ3n) is 8.24. The van der Waals surface area contributed by atoms with Gasteiger partial charge in [0.15, 0.2) is 23.1 Å². The molecule has 6 heteroatoms. The summed E-state index contributed by atoms with van der Waals surface area (Å²) in [6, 6.07) is 18.6. The highest BCUT2D eigenvalue weighted by molar-refractivity contribution is 14.1. The topological polar surface area (TPSA) is 55.8 Å². The second-order valence-electron chi connectivity index (χ2n) is 10.4. The average Bonchev–Trinajstić information content (AvgIpc) is 2.95. The minimum absolute atomic E-state index is 0.162. The number of fused-ring (bicyclic) bond motifs is 1. The summed E-state index contributed by atoms with van der Waals surface area (Å²) in [4.78, 5) is 29.2. The fourth-order valence-corrected chi connectivity index (χ4v) is 7.33. The van der Waals surface area contributed by atoms with E-state index < -0.39 is 0 Å². The molecule has 0 bridgehead atoms. The van der Waals surface area contributed by atoms with E-state index in [1.807, 2.05) is 24.3 Å². The first kappa shape index (κ1) is 26.1. The number of ketones is 2. The predicted molar refractivity (Wildman–Crippen MR) is 161 cm³/mol. The van der Waals surface area contributed by atoms with E-state index in [1.54, 1.807) is 7.11 Å². The van der Waals surface area contributed by atoms with Crippen molar-refractivity contribution >= 4 is 44.9 Å². The zero-order chi connectivity index (χ0) is 27.1. The van der Waals surface area contributed by atoms with Crippen molar-refractivity contribution < 1.29 is 19.1 Å². The van der Waals surface area contributed by atoms with Crippen LogP contribution in [-0.4, -0.2) is 30.1 Å². The Morgan fingerprint density at radius 3 is 2.23 bits per heavy atom. The minimum Gasteiger partial charge on any atom is -0.493 e. The fourth-order valence-electron chi connectivity index (χ4n) is 6.55. The maximum absolute atomic E-state index is 13.5. The molecule has 5 nitrogen and oxygen atoms in total. The minimum atomic E-state index is -0.354. The molecule has 2 aliphatic carbocycles. The van der Waals surface area contributed by atoms with E-state index in [2.05, 4.69) is 64.7 Å². The van der Waals surface area contributed by atoms with E-state index in [0.29, 0.717) is 30.9 Å². The second-order valence-corrected chi connectivity index (χ2v) is 11.6. The number of halogens is 1. The van der Waals surface area contributed by atoms with Crippen LogP contribution in [0.4, 0.5) is 0 Å². The third kappa shape index (κ3) is 4.56. The van der Waals surface area contributed by atoms with Gasteiger partial charge >= 0.3 is 0 Å². The van der Waals surface area contributed by atoms with Gasteiger partial charge in [-0.05, 0) is 89.2 Å². The third-order valence-corrected chi connectivity index (χ3v) is 9.04. The van der Waals surface area contributed by atoms with Gasteiger partial charge in [0.1, 0.15) is 6.61 Å². The summed E-state index contributed by atoms with van der Waals surface area (Å²) in [6.45, 7) is 3.29. The lowest BCUT2D eigenvalue weighted by Gasteiger charge is -2.43. The van der Waals surface area contributed by atoms with Crippen molar-refractivity contribution in [2.75, 3.05) is 13.7 Å². The fraction of sp³-hybridized carbons (Fsp3) is 0.333. The Bertz CT molecular complexity index is 1500. The predicted octanol–water partition coefficient (Wildman–Crippen LogP) is 7.47.